The molecule has 2 amide bonds. The molecule has 0 spiro atoms. The number of amides is 2. The highest BCUT2D eigenvalue weighted by atomic mass is 16.2. The van der Waals surface area contributed by atoms with E-state index >= 15 is 0 Å². The molecule has 0 fully saturated rings. The van der Waals surface area contributed by atoms with Gasteiger partial charge in [0.1, 0.15) is 0 Å². The molecule has 5 heteroatoms. The molecule has 4 N–H and O–H groups in total. The molecule has 1 aromatic rings. The van der Waals surface area contributed by atoms with E-state index in [9.17, 15) is 9.59 Å². The number of carbonyl (C=O) groups is 2. The smallest absolute Gasteiger partial charge is 0.251 e. The van der Waals surface area contributed by atoms with Gasteiger partial charge in [-0.3, -0.25) is 9.59 Å². The lowest BCUT2D eigenvalue weighted by atomic mass is 10.2. The van der Waals surface area contributed by atoms with Gasteiger partial charge in [0.2, 0.25) is 5.91 Å². The van der Waals surface area contributed by atoms with Crippen LogP contribution in [0.2, 0.25) is 0 Å². The standard InChI is InChI=1S/C14H17N3O2/c15-11-7-5-10(6-8-11)14(19)16-9-13(18)17-12-3-1-2-4-12/h1-2,5-8,12H,3-4,9,15H2,(H,16,19)(H,17,18). The largest absolute Gasteiger partial charge is 0.399 e. The van der Waals surface area contributed by atoms with E-state index in [4.69, 9.17) is 5.73 Å². The third-order valence-electron chi connectivity index (χ3n) is 2.96. The number of rotatable bonds is 4. The normalized spacial score (nSPS) is 14.3. The number of anilines is 1. The van der Waals surface area contributed by atoms with Gasteiger partial charge in [0, 0.05) is 17.3 Å². The molecule has 1 aliphatic carbocycles. The van der Waals surface area contributed by atoms with Gasteiger partial charge in [-0.15, -0.1) is 0 Å². The van der Waals surface area contributed by atoms with E-state index in [1.165, 1.54) is 0 Å². The van der Waals surface area contributed by atoms with Crippen molar-refractivity contribution in [3.8, 4) is 0 Å². The number of hydrogen-bond acceptors (Lipinski definition) is 3. The van der Waals surface area contributed by atoms with E-state index in [0.29, 0.717) is 11.3 Å². The Kier molecular flexibility index (Phi) is 4.18. The minimum Gasteiger partial charge on any atom is -0.399 e. The molecule has 0 radical (unpaired) electrons. The fourth-order valence-corrected chi connectivity index (χ4v) is 1.91. The van der Waals surface area contributed by atoms with E-state index in [0.717, 1.165) is 12.8 Å². The lowest BCUT2D eigenvalue weighted by Gasteiger charge is -2.12. The van der Waals surface area contributed by atoms with Gasteiger partial charge in [-0.25, -0.2) is 0 Å². The van der Waals surface area contributed by atoms with Crippen LogP contribution in [-0.4, -0.2) is 24.4 Å². The van der Waals surface area contributed by atoms with Crippen LogP contribution in [0.15, 0.2) is 36.4 Å². The summed E-state index contributed by atoms with van der Waals surface area (Å²) >= 11 is 0. The number of nitrogens with one attached hydrogen (secondary N) is 2. The van der Waals surface area contributed by atoms with Crippen LogP contribution in [0.3, 0.4) is 0 Å². The monoisotopic (exact) mass is 259 g/mol. The van der Waals surface area contributed by atoms with Gasteiger partial charge in [-0.2, -0.15) is 0 Å². The molecular weight excluding hydrogens is 242 g/mol. The van der Waals surface area contributed by atoms with Crippen molar-refractivity contribution >= 4 is 17.5 Å². The second-order valence-corrected chi connectivity index (χ2v) is 4.51. The van der Waals surface area contributed by atoms with Crippen molar-refractivity contribution in [3.05, 3.63) is 42.0 Å². The number of benzene rings is 1. The highest BCUT2D eigenvalue weighted by molar-refractivity contribution is 5.96. The Hall–Kier alpha value is -2.30. The molecule has 0 aliphatic heterocycles. The first kappa shape index (κ1) is 13.1. The molecule has 0 heterocycles. The molecule has 0 saturated carbocycles. The molecule has 19 heavy (non-hydrogen) atoms. The zero-order chi connectivity index (χ0) is 13.7. The molecule has 0 saturated heterocycles. The Bertz CT molecular complexity index is 486. The van der Waals surface area contributed by atoms with Crippen molar-refractivity contribution in [1.29, 1.82) is 0 Å². The summed E-state index contributed by atoms with van der Waals surface area (Å²) in [4.78, 5) is 23.4. The Labute approximate surface area is 111 Å². The van der Waals surface area contributed by atoms with Crippen LogP contribution in [0.5, 0.6) is 0 Å². The van der Waals surface area contributed by atoms with Crippen LogP contribution in [-0.2, 0) is 4.79 Å². The summed E-state index contributed by atoms with van der Waals surface area (Å²) < 4.78 is 0. The van der Waals surface area contributed by atoms with Crippen molar-refractivity contribution in [1.82, 2.24) is 10.6 Å². The SMILES string of the molecule is Nc1ccc(C(=O)NCC(=O)NC2CC=CC2)cc1. The first-order valence-electron chi connectivity index (χ1n) is 6.23. The predicted molar refractivity (Wildman–Crippen MR) is 73.5 cm³/mol. The molecule has 1 aliphatic rings. The van der Waals surface area contributed by atoms with Crippen LogP contribution in [0, 0.1) is 0 Å². The summed E-state index contributed by atoms with van der Waals surface area (Å²) in [7, 11) is 0. The molecule has 5 nitrogen and oxygen atoms in total. The number of nitrogen functional groups attached to an aromatic ring is 1. The van der Waals surface area contributed by atoms with Crippen molar-refractivity contribution < 1.29 is 9.59 Å². The van der Waals surface area contributed by atoms with Gasteiger partial charge in [-0.1, -0.05) is 12.2 Å². The third kappa shape index (κ3) is 3.84. The van der Waals surface area contributed by atoms with E-state index in [1.807, 2.05) is 12.2 Å². The van der Waals surface area contributed by atoms with Crippen molar-refractivity contribution in [3.63, 3.8) is 0 Å². The maximum atomic E-state index is 11.8. The maximum absolute atomic E-state index is 11.8. The minimum atomic E-state index is -0.278. The molecule has 2 rings (SSSR count). The van der Waals surface area contributed by atoms with Gasteiger partial charge in [0.05, 0.1) is 6.54 Å². The van der Waals surface area contributed by atoms with E-state index in [1.54, 1.807) is 24.3 Å². The quantitative estimate of drug-likeness (QED) is 0.553. The first-order chi connectivity index (χ1) is 9.15. The first-order valence-corrected chi connectivity index (χ1v) is 6.23. The lowest BCUT2D eigenvalue weighted by Crippen LogP contribution is -2.41. The predicted octanol–water partition coefficient (Wildman–Crippen LogP) is 0.833. The second-order valence-electron chi connectivity index (χ2n) is 4.51. The summed E-state index contributed by atoms with van der Waals surface area (Å²) in [6.45, 7) is -0.0142. The van der Waals surface area contributed by atoms with Crippen LogP contribution in [0.25, 0.3) is 0 Å². The zero-order valence-corrected chi connectivity index (χ0v) is 10.6. The summed E-state index contributed by atoms with van der Waals surface area (Å²) in [6, 6.07) is 6.73. The van der Waals surface area contributed by atoms with Crippen molar-refractivity contribution in [2.45, 2.75) is 18.9 Å². The van der Waals surface area contributed by atoms with Gasteiger partial charge in [-0.05, 0) is 37.1 Å². The number of carbonyl (C=O) groups excluding carboxylic acids is 2. The summed E-state index contributed by atoms with van der Waals surface area (Å²) in [6.07, 6.45) is 5.80. The average molecular weight is 259 g/mol. The van der Waals surface area contributed by atoms with Crippen LogP contribution in [0.4, 0.5) is 5.69 Å². The van der Waals surface area contributed by atoms with Crippen LogP contribution >= 0.6 is 0 Å². The van der Waals surface area contributed by atoms with Gasteiger partial charge < -0.3 is 16.4 Å². The Balaban J connectivity index is 1.76. The summed E-state index contributed by atoms with van der Waals surface area (Å²) in [5.41, 5.74) is 6.63. The van der Waals surface area contributed by atoms with E-state index < -0.39 is 0 Å². The topological polar surface area (TPSA) is 84.2 Å². The van der Waals surface area contributed by atoms with Crippen LogP contribution in [0.1, 0.15) is 23.2 Å². The molecule has 0 bridgehead atoms. The molecular formula is C14H17N3O2. The van der Waals surface area contributed by atoms with E-state index in [2.05, 4.69) is 10.6 Å². The van der Waals surface area contributed by atoms with Gasteiger partial charge in [0.25, 0.3) is 5.91 Å². The Morgan fingerprint density at radius 3 is 2.42 bits per heavy atom. The second kappa shape index (κ2) is 6.04. The van der Waals surface area contributed by atoms with Crippen molar-refractivity contribution in [2.75, 3.05) is 12.3 Å². The molecule has 1 aromatic carbocycles. The highest BCUT2D eigenvalue weighted by Gasteiger charge is 2.14. The summed E-state index contributed by atoms with van der Waals surface area (Å²) in [5.74, 6) is -0.447. The maximum Gasteiger partial charge on any atom is 0.251 e. The van der Waals surface area contributed by atoms with Gasteiger partial charge in [0.15, 0.2) is 0 Å². The fourth-order valence-electron chi connectivity index (χ4n) is 1.91. The summed E-state index contributed by atoms with van der Waals surface area (Å²) in [5, 5.41) is 5.44. The average Bonchev–Trinajstić information content (AvgIpc) is 2.89. The Morgan fingerprint density at radius 1 is 1.16 bits per heavy atom. The molecule has 0 unspecified atom stereocenters. The van der Waals surface area contributed by atoms with Crippen LogP contribution < -0.4 is 16.4 Å². The molecule has 0 aromatic heterocycles. The highest BCUT2D eigenvalue weighted by Crippen LogP contribution is 2.08. The zero-order valence-electron chi connectivity index (χ0n) is 10.6. The molecule has 100 valence electrons. The minimum absolute atomic E-state index is 0.0142. The fraction of sp³-hybridized carbons (Fsp3) is 0.286. The molecule has 0 atom stereocenters. The lowest BCUT2D eigenvalue weighted by molar-refractivity contribution is -0.120. The Morgan fingerprint density at radius 2 is 1.79 bits per heavy atom. The number of hydrogen-bond donors (Lipinski definition) is 3. The van der Waals surface area contributed by atoms with E-state index in [-0.39, 0.29) is 24.4 Å². The third-order valence-corrected chi connectivity index (χ3v) is 2.96. The van der Waals surface area contributed by atoms with Gasteiger partial charge >= 0.3 is 0 Å². The van der Waals surface area contributed by atoms with Crippen molar-refractivity contribution in [2.24, 2.45) is 0 Å². The number of nitrogens with two attached hydrogens (primary N) is 1.